The van der Waals surface area contributed by atoms with Crippen LogP contribution in [0.15, 0.2) is 47.9 Å². The second kappa shape index (κ2) is 4.60. The van der Waals surface area contributed by atoms with Crippen LogP contribution in [-0.4, -0.2) is 12.6 Å². The summed E-state index contributed by atoms with van der Waals surface area (Å²) in [5, 5.41) is 6.67. The van der Waals surface area contributed by atoms with Crippen LogP contribution < -0.4 is 10.6 Å². The topological polar surface area (TPSA) is 24.1 Å². The Morgan fingerprint density at radius 1 is 1.50 bits per heavy atom. The van der Waals surface area contributed by atoms with Gasteiger partial charge in [0.05, 0.1) is 0 Å². The average molecular weight is 218 g/mol. The summed E-state index contributed by atoms with van der Waals surface area (Å²) in [5.74, 6) is 0. The number of rotatable bonds is 2. The van der Waals surface area contributed by atoms with Gasteiger partial charge in [-0.05, 0) is 38.3 Å². The van der Waals surface area contributed by atoms with Crippen LogP contribution >= 0.6 is 0 Å². The molecule has 1 aliphatic heterocycles. The molecule has 0 saturated heterocycles. The lowest BCUT2D eigenvalue weighted by molar-refractivity contribution is 0.434. The fourth-order valence-electron chi connectivity index (χ4n) is 1.91. The Morgan fingerprint density at radius 2 is 2.12 bits per heavy atom. The normalized spacial score (nSPS) is 20.5. The van der Waals surface area contributed by atoms with Gasteiger partial charge in [-0.25, -0.2) is 0 Å². The van der Waals surface area contributed by atoms with Crippen molar-refractivity contribution in [1.29, 1.82) is 0 Å². The highest BCUT2D eigenvalue weighted by atomic mass is 15.0. The summed E-state index contributed by atoms with van der Waals surface area (Å²) < 4.78 is 0. The van der Waals surface area contributed by atoms with E-state index >= 15 is 0 Å². The zero-order valence-electron chi connectivity index (χ0n) is 10.8. The van der Waals surface area contributed by atoms with Crippen LogP contribution in [0.5, 0.6) is 0 Å². The van der Waals surface area contributed by atoms with Crippen molar-refractivity contribution in [2.24, 2.45) is 0 Å². The highest BCUT2D eigenvalue weighted by molar-refractivity contribution is 5.47. The maximum absolute atomic E-state index is 4.09. The monoisotopic (exact) mass is 218 g/mol. The molecule has 2 N–H and O–H groups in total. The zero-order valence-corrected chi connectivity index (χ0v) is 10.8. The lowest BCUT2D eigenvalue weighted by atomic mass is 9.93. The molecule has 88 valence electrons. The Morgan fingerprint density at radius 3 is 2.62 bits per heavy atom. The SMILES string of the molecule is C=CC1=CCC(C)(C)NC(=C)C(C)=C1NC. The molecule has 0 atom stereocenters. The van der Waals surface area contributed by atoms with E-state index in [0.29, 0.717) is 0 Å². The molecular weight excluding hydrogens is 196 g/mol. The molecular formula is C14H22N2. The molecule has 2 heteroatoms. The van der Waals surface area contributed by atoms with Crippen molar-refractivity contribution < 1.29 is 0 Å². The molecule has 0 unspecified atom stereocenters. The van der Waals surface area contributed by atoms with Crippen molar-refractivity contribution in [1.82, 2.24) is 10.6 Å². The molecule has 16 heavy (non-hydrogen) atoms. The van der Waals surface area contributed by atoms with E-state index in [1.165, 1.54) is 0 Å². The minimum Gasteiger partial charge on any atom is -0.387 e. The number of hydrogen-bond acceptors (Lipinski definition) is 2. The zero-order chi connectivity index (χ0) is 12.3. The molecule has 0 aliphatic carbocycles. The van der Waals surface area contributed by atoms with Crippen LogP contribution in [0.4, 0.5) is 0 Å². The molecule has 0 aromatic carbocycles. The van der Waals surface area contributed by atoms with E-state index in [1.807, 2.05) is 13.1 Å². The molecule has 0 saturated carbocycles. The molecule has 0 aromatic heterocycles. The van der Waals surface area contributed by atoms with Crippen molar-refractivity contribution in [3.63, 3.8) is 0 Å². The number of likely N-dealkylation sites (N-methyl/N-ethyl adjacent to an activating group) is 1. The Labute approximate surface area is 98.8 Å². The van der Waals surface area contributed by atoms with Gasteiger partial charge >= 0.3 is 0 Å². The van der Waals surface area contributed by atoms with E-state index in [-0.39, 0.29) is 5.54 Å². The Bertz CT molecular complexity index is 370. The number of nitrogens with one attached hydrogen (secondary N) is 2. The van der Waals surface area contributed by atoms with E-state index in [1.54, 1.807) is 0 Å². The molecule has 2 nitrogen and oxygen atoms in total. The number of hydrogen-bond donors (Lipinski definition) is 2. The van der Waals surface area contributed by atoms with Gasteiger partial charge in [-0.15, -0.1) is 0 Å². The van der Waals surface area contributed by atoms with E-state index in [9.17, 15) is 0 Å². The molecule has 0 fully saturated rings. The second-order valence-electron chi connectivity index (χ2n) is 4.81. The smallest absolute Gasteiger partial charge is 0.0458 e. The summed E-state index contributed by atoms with van der Waals surface area (Å²) in [7, 11) is 1.93. The van der Waals surface area contributed by atoms with Gasteiger partial charge in [0.1, 0.15) is 0 Å². The molecule has 0 aromatic rings. The quantitative estimate of drug-likeness (QED) is 0.744. The molecule has 0 amide bonds. The van der Waals surface area contributed by atoms with E-state index in [0.717, 1.165) is 29.0 Å². The predicted molar refractivity (Wildman–Crippen MR) is 71.0 cm³/mol. The fourth-order valence-corrected chi connectivity index (χ4v) is 1.91. The van der Waals surface area contributed by atoms with E-state index in [2.05, 4.69) is 50.6 Å². The van der Waals surface area contributed by atoms with E-state index < -0.39 is 0 Å². The van der Waals surface area contributed by atoms with Gasteiger partial charge in [0.25, 0.3) is 0 Å². The summed E-state index contributed by atoms with van der Waals surface area (Å²) in [4.78, 5) is 0. The van der Waals surface area contributed by atoms with Gasteiger partial charge in [0, 0.05) is 24.0 Å². The van der Waals surface area contributed by atoms with Gasteiger partial charge in [-0.3, -0.25) is 0 Å². The summed E-state index contributed by atoms with van der Waals surface area (Å²) in [6, 6.07) is 0. The van der Waals surface area contributed by atoms with Crippen LogP contribution in [0.25, 0.3) is 0 Å². The maximum atomic E-state index is 4.09. The third-order valence-electron chi connectivity index (χ3n) is 2.91. The van der Waals surface area contributed by atoms with Crippen LogP contribution in [0.2, 0.25) is 0 Å². The van der Waals surface area contributed by atoms with Crippen LogP contribution in [0.3, 0.4) is 0 Å². The first-order valence-electron chi connectivity index (χ1n) is 5.60. The standard InChI is InChI=1S/C14H22N2/c1-7-12-8-9-14(4,5)16-11(3)10(2)13(12)15-6/h7-8,15-16H,1,3,9H2,2,4-6H3. The highest BCUT2D eigenvalue weighted by Crippen LogP contribution is 2.24. The first kappa shape index (κ1) is 12.6. The first-order chi connectivity index (χ1) is 7.41. The van der Waals surface area contributed by atoms with E-state index in [4.69, 9.17) is 0 Å². The maximum Gasteiger partial charge on any atom is 0.0458 e. The summed E-state index contributed by atoms with van der Waals surface area (Å²) in [6.07, 6.45) is 5.05. The molecule has 1 heterocycles. The van der Waals surface area contributed by atoms with Gasteiger partial charge in [0.2, 0.25) is 0 Å². The summed E-state index contributed by atoms with van der Waals surface area (Å²) >= 11 is 0. The molecule has 1 rings (SSSR count). The van der Waals surface area contributed by atoms with Crippen LogP contribution in [0.1, 0.15) is 27.2 Å². The Kier molecular flexibility index (Phi) is 3.63. The fraction of sp³-hybridized carbons (Fsp3) is 0.429. The Hall–Kier alpha value is -1.44. The highest BCUT2D eigenvalue weighted by Gasteiger charge is 2.21. The third-order valence-corrected chi connectivity index (χ3v) is 2.91. The van der Waals surface area contributed by atoms with Crippen molar-refractivity contribution in [2.75, 3.05) is 7.05 Å². The van der Waals surface area contributed by atoms with Gasteiger partial charge < -0.3 is 10.6 Å². The van der Waals surface area contributed by atoms with Crippen molar-refractivity contribution in [3.8, 4) is 0 Å². The van der Waals surface area contributed by atoms with Crippen molar-refractivity contribution >= 4 is 0 Å². The second-order valence-corrected chi connectivity index (χ2v) is 4.81. The summed E-state index contributed by atoms with van der Waals surface area (Å²) in [5.41, 5.74) is 4.40. The predicted octanol–water partition coefficient (Wildman–Crippen LogP) is 2.88. The van der Waals surface area contributed by atoms with Crippen LogP contribution in [0, 0.1) is 0 Å². The molecule has 0 bridgehead atoms. The van der Waals surface area contributed by atoms with Crippen molar-refractivity contribution in [3.05, 3.63) is 47.9 Å². The third kappa shape index (κ3) is 2.57. The molecule has 0 spiro atoms. The minimum atomic E-state index is 0.0336. The molecule has 1 aliphatic rings. The minimum absolute atomic E-state index is 0.0336. The lowest BCUT2D eigenvalue weighted by Crippen LogP contribution is -2.39. The first-order valence-corrected chi connectivity index (χ1v) is 5.60. The van der Waals surface area contributed by atoms with Crippen molar-refractivity contribution in [2.45, 2.75) is 32.7 Å². The van der Waals surface area contributed by atoms with Gasteiger partial charge in [-0.2, -0.15) is 0 Å². The van der Waals surface area contributed by atoms with Crippen LogP contribution in [-0.2, 0) is 0 Å². The van der Waals surface area contributed by atoms with Gasteiger partial charge in [0.15, 0.2) is 0 Å². The average Bonchev–Trinajstić information content (AvgIpc) is 2.21. The largest absolute Gasteiger partial charge is 0.387 e. The van der Waals surface area contributed by atoms with Gasteiger partial charge in [-0.1, -0.05) is 25.3 Å². The number of allylic oxidation sites excluding steroid dienone is 2. The Balaban J connectivity index is 3.25. The lowest BCUT2D eigenvalue weighted by Gasteiger charge is -2.31. The summed E-state index contributed by atoms with van der Waals surface area (Å²) in [6.45, 7) is 14.4. The molecule has 0 radical (unpaired) electrons.